The van der Waals surface area contributed by atoms with Gasteiger partial charge in [0, 0.05) is 24.7 Å². The number of hydrogen-bond acceptors (Lipinski definition) is 4. The van der Waals surface area contributed by atoms with E-state index in [1.54, 1.807) is 0 Å². The molecule has 22 heavy (non-hydrogen) atoms. The summed E-state index contributed by atoms with van der Waals surface area (Å²) in [5, 5.41) is 10.8. The van der Waals surface area contributed by atoms with Crippen LogP contribution in [0, 0.1) is 12.8 Å². The molecular formula is C17H24N4O. The first kappa shape index (κ1) is 14.0. The van der Waals surface area contributed by atoms with Crippen LogP contribution in [-0.2, 0) is 6.54 Å². The van der Waals surface area contributed by atoms with Crippen molar-refractivity contribution in [1.82, 2.24) is 20.4 Å². The van der Waals surface area contributed by atoms with Crippen molar-refractivity contribution in [3.63, 3.8) is 0 Å². The van der Waals surface area contributed by atoms with Crippen molar-refractivity contribution in [3.8, 4) is 11.5 Å². The van der Waals surface area contributed by atoms with E-state index in [-0.39, 0.29) is 0 Å². The average Bonchev–Trinajstić information content (AvgIpc) is 2.90. The van der Waals surface area contributed by atoms with Crippen molar-refractivity contribution in [3.05, 3.63) is 29.7 Å². The molecule has 3 heterocycles. The molecule has 0 radical (unpaired) electrons. The standard InChI is InChI=1S/C17H24N4O/c1-12-2-5-16(22-12)17-14(10-19-20-17)9-18-8-13-6-7-21(11-13)15-3-4-15/h2,5,10,13,15,18H,3-4,6-9,11H2,1H3,(H,19,20). The Kier molecular flexibility index (Phi) is 3.76. The summed E-state index contributed by atoms with van der Waals surface area (Å²) in [5.74, 6) is 2.59. The van der Waals surface area contributed by atoms with Gasteiger partial charge in [0.1, 0.15) is 11.5 Å². The number of nitrogens with zero attached hydrogens (tertiary/aromatic N) is 2. The van der Waals surface area contributed by atoms with Crippen LogP contribution in [0.25, 0.3) is 11.5 Å². The lowest BCUT2D eigenvalue weighted by Gasteiger charge is -2.15. The normalized spacial score (nSPS) is 22.5. The van der Waals surface area contributed by atoms with Crippen LogP contribution in [0.2, 0.25) is 0 Å². The van der Waals surface area contributed by atoms with Gasteiger partial charge in [-0.2, -0.15) is 5.10 Å². The van der Waals surface area contributed by atoms with Gasteiger partial charge in [0.25, 0.3) is 0 Å². The molecule has 1 aliphatic carbocycles. The minimum atomic E-state index is 0.793. The molecule has 1 saturated heterocycles. The van der Waals surface area contributed by atoms with Crippen molar-refractivity contribution in [2.24, 2.45) is 5.92 Å². The van der Waals surface area contributed by atoms with Gasteiger partial charge in [-0.15, -0.1) is 0 Å². The number of H-pyrrole nitrogens is 1. The Morgan fingerprint density at radius 3 is 3.05 bits per heavy atom. The summed E-state index contributed by atoms with van der Waals surface area (Å²) in [6.07, 6.45) is 6.06. The second-order valence-corrected chi connectivity index (χ2v) is 6.69. The number of aromatic amines is 1. The van der Waals surface area contributed by atoms with Gasteiger partial charge in [-0.3, -0.25) is 5.10 Å². The molecule has 2 aliphatic rings. The fourth-order valence-corrected chi connectivity index (χ4v) is 3.44. The monoisotopic (exact) mass is 300 g/mol. The van der Waals surface area contributed by atoms with Crippen LogP contribution in [0.15, 0.2) is 22.7 Å². The molecule has 2 N–H and O–H groups in total. The molecule has 4 rings (SSSR count). The third kappa shape index (κ3) is 2.96. The maximum Gasteiger partial charge on any atom is 0.152 e. The summed E-state index contributed by atoms with van der Waals surface area (Å²) in [6.45, 7) is 6.45. The molecule has 2 fully saturated rings. The fraction of sp³-hybridized carbons (Fsp3) is 0.588. The highest BCUT2D eigenvalue weighted by molar-refractivity contribution is 5.56. The minimum Gasteiger partial charge on any atom is -0.460 e. The maximum absolute atomic E-state index is 5.69. The van der Waals surface area contributed by atoms with E-state index in [9.17, 15) is 0 Å². The third-order valence-electron chi connectivity index (χ3n) is 4.83. The average molecular weight is 300 g/mol. The Labute approximate surface area is 131 Å². The van der Waals surface area contributed by atoms with E-state index < -0.39 is 0 Å². The van der Waals surface area contributed by atoms with Crippen LogP contribution < -0.4 is 5.32 Å². The first-order valence-electron chi connectivity index (χ1n) is 8.33. The number of furan rings is 1. The Balaban J connectivity index is 1.30. The van der Waals surface area contributed by atoms with Crippen LogP contribution in [0.1, 0.15) is 30.6 Å². The second kappa shape index (κ2) is 5.89. The highest BCUT2D eigenvalue weighted by atomic mass is 16.3. The summed E-state index contributed by atoms with van der Waals surface area (Å²) in [5.41, 5.74) is 2.16. The van der Waals surface area contributed by atoms with E-state index in [0.29, 0.717) is 0 Å². The highest BCUT2D eigenvalue weighted by Gasteiger charge is 2.34. The molecule has 0 aromatic carbocycles. The molecule has 1 saturated carbocycles. The molecule has 5 nitrogen and oxygen atoms in total. The van der Waals surface area contributed by atoms with E-state index in [4.69, 9.17) is 4.42 Å². The number of likely N-dealkylation sites (tertiary alicyclic amines) is 1. The van der Waals surface area contributed by atoms with Crippen LogP contribution in [0.5, 0.6) is 0 Å². The van der Waals surface area contributed by atoms with Crippen molar-refractivity contribution in [1.29, 1.82) is 0 Å². The number of hydrogen-bond donors (Lipinski definition) is 2. The Hall–Kier alpha value is -1.59. The summed E-state index contributed by atoms with van der Waals surface area (Å²) >= 11 is 0. The van der Waals surface area contributed by atoms with Gasteiger partial charge in [-0.1, -0.05) is 0 Å². The van der Waals surface area contributed by atoms with E-state index in [1.807, 2.05) is 25.3 Å². The number of nitrogens with one attached hydrogen (secondary N) is 2. The zero-order chi connectivity index (χ0) is 14.9. The van der Waals surface area contributed by atoms with Crippen LogP contribution in [0.3, 0.4) is 0 Å². The van der Waals surface area contributed by atoms with Gasteiger partial charge in [0.15, 0.2) is 5.76 Å². The topological polar surface area (TPSA) is 57.1 Å². The molecule has 1 aliphatic heterocycles. The predicted molar refractivity (Wildman–Crippen MR) is 85.4 cm³/mol. The minimum absolute atomic E-state index is 0.793. The molecular weight excluding hydrogens is 276 g/mol. The first-order valence-corrected chi connectivity index (χ1v) is 8.33. The molecule has 0 spiro atoms. The molecule has 0 bridgehead atoms. The Morgan fingerprint density at radius 1 is 1.36 bits per heavy atom. The molecule has 118 valence electrons. The number of aryl methyl sites for hydroxylation is 1. The first-order chi connectivity index (χ1) is 10.8. The summed E-state index contributed by atoms with van der Waals surface area (Å²) in [7, 11) is 0. The Morgan fingerprint density at radius 2 is 2.27 bits per heavy atom. The molecule has 0 amide bonds. The van der Waals surface area contributed by atoms with Gasteiger partial charge in [0.2, 0.25) is 0 Å². The lowest BCUT2D eigenvalue weighted by Crippen LogP contribution is -2.27. The lowest BCUT2D eigenvalue weighted by atomic mass is 10.1. The number of rotatable bonds is 6. The van der Waals surface area contributed by atoms with Crippen LogP contribution in [0.4, 0.5) is 0 Å². The molecule has 5 heteroatoms. The molecule has 1 unspecified atom stereocenters. The van der Waals surface area contributed by atoms with Crippen LogP contribution in [-0.4, -0.2) is 40.8 Å². The zero-order valence-corrected chi connectivity index (χ0v) is 13.1. The smallest absolute Gasteiger partial charge is 0.152 e. The van der Waals surface area contributed by atoms with Crippen molar-refractivity contribution in [2.45, 2.75) is 38.8 Å². The largest absolute Gasteiger partial charge is 0.460 e. The summed E-state index contributed by atoms with van der Waals surface area (Å²) in [4.78, 5) is 2.67. The number of aromatic nitrogens is 2. The Bertz CT molecular complexity index is 628. The third-order valence-corrected chi connectivity index (χ3v) is 4.83. The molecule has 1 atom stereocenters. The summed E-state index contributed by atoms with van der Waals surface area (Å²) < 4.78 is 5.69. The van der Waals surface area contributed by atoms with Gasteiger partial charge >= 0.3 is 0 Å². The predicted octanol–water partition coefficient (Wildman–Crippen LogP) is 2.55. The van der Waals surface area contributed by atoms with Gasteiger partial charge in [-0.25, -0.2) is 0 Å². The van der Waals surface area contributed by atoms with Crippen LogP contribution >= 0.6 is 0 Å². The van der Waals surface area contributed by atoms with E-state index in [0.717, 1.165) is 42.3 Å². The van der Waals surface area contributed by atoms with Crippen molar-refractivity contribution >= 4 is 0 Å². The van der Waals surface area contributed by atoms with Crippen molar-refractivity contribution < 1.29 is 4.42 Å². The maximum atomic E-state index is 5.69. The van der Waals surface area contributed by atoms with Gasteiger partial charge in [0.05, 0.1) is 6.20 Å². The highest BCUT2D eigenvalue weighted by Crippen LogP contribution is 2.31. The zero-order valence-electron chi connectivity index (χ0n) is 13.1. The molecule has 2 aromatic heterocycles. The van der Waals surface area contributed by atoms with Gasteiger partial charge in [-0.05, 0) is 57.3 Å². The fourth-order valence-electron chi connectivity index (χ4n) is 3.44. The van der Waals surface area contributed by atoms with E-state index >= 15 is 0 Å². The second-order valence-electron chi connectivity index (χ2n) is 6.69. The lowest BCUT2D eigenvalue weighted by molar-refractivity contribution is 0.312. The molecule has 2 aromatic rings. The SMILES string of the molecule is Cc1ccc(-c2[nH]ncc2CNCC2CCN(C3CC3)C2)o1. The van der Waals surface area contributed by atoms with E-state index in [1.165, 1.54) is 37.9 Å². The quantitative estimate of drug-likeness (QED) is 0.861. The van der Waals surface area contributed by atoms with Crippen molar-refractivity contribution in [2.75, 3.05) is 19.6 Å². The van der Waals surface area contributed by atoms with Gasteiger partial charge < -0.3 is 14.6 Å². The van der Waals surface area contributed by atoms with E-state index in [2.05, 4.69) is 20.4 Å². The summed E-state index contributed by atoms with van der Waals surface area (Å²) in [6, 6.07) is 4.89.